The number of carbonyl (C=O) groups is 1. The fraction of sp³-hybridized carbons (Fsp3) is 0.421. The van der Waals surface area contributed by atoms with E-state index in [0.717, 1.165) is 15.3 Å². The third kappa shape index (κ3) is 4.10. The average Bonchev–Trinajstić information content (AvgIpc) is 3.25. The van der Waals surface area contributed by atoms with E-state index in [1.54, 1.807) is 13.8 Å². The fourth-order valence-corrected chi connectivity index (χ4v) is 3.50. The molecule has 4 heterocycles. The monoisotopic (exact) mass is 461 g/mol. The lowest BCUT2D eigenvalue weighted by molar-refractivity contribution is -0.142. The number of nitrogens with zero attached hydrogens (tertiary/aromatic N) is 4. The number of amides is 1. The Labute approximate surface area is 177 Å². The minimum atomic E-state index is -4.75. The molecule has 7 nitrogen and oxygen atoms in total. The molecule has 0 aliphatic carbocycles. The highest BCUT2D eigenvalue weighted by atomic mass is 19.4. The van der Waals surface area contributed by atoms with Gasteiger partial charge >= 0.3 is 12.4 Å². The van der Waals surface area contributed by atoms with Gasteiger partial charge < -0.3 is 14.5 Å². The molecule has 0 spiro atoms. The van der Waals surface area contributed by atoms with Gasteiger partial charge in [-0.3, -0.25) is 4.79 Å². The number of carbonyl (C=O) groups excluding carboxylic acids is 1. The van der Waals surface area contributed by atoms with Crippen molar-refractivity contribution in [3.63, 3.8) is 0 Å². The number of aromatic nitrogens is 4. The Kier molecular flexibility index (Phi) is 4.90. The highest BCUT2D eigenvalue weighted by Gasteiger charge is 2.43. The summed E-state index contributed by atoms with van der Waals surface area (Å²) in [5, 5.41) is 5.81. The summed E-state index contributed by atoms with van der Waals surface area (Å²) in [5.74, 6) is -1.07. The van der Waals surface area contributed by atoms with E-state index in [1.807, 2.05) is 0 Å². The molecule has 0 unspecified atom stereocenters. The summed E-state index contributed by atoms with van der Waals surface area (Å²) in [5.41, 5.74) is -3.30. The minimum absolute atomic E-state index is 0.0437. The van der Waals surface area contributed by atoms with Gasteiger partial charge in [0.1, 0.15) is 12.1 Å². The van der Waals surface area contributed by atoms with Gasteiger partial charge in [0.15, 0.2) is 11.3 Å². The first-order valence-electron chi connectivity index (χ1n) is 9.44. The normalized spacial score (nSPS) is 16.0. The van der Waals surface area contributed by atoms with Crippen molar-refractivity contribution in [2.75, 3.05) is 5.32 Å². The summed E-state index contributed by atoms with van der Waals surface area (Å²) in [7, 11) is 0. The van der Waals surface area contributed by atoms with Crippen molar-refractivity contribution in [1.29, 1.82) is 0 Å². The largest absolute Gasteiger partial charge is 0.472 e. The van der Waals surface area contributed by atoms with E-state index in [-0.39, 0.29) is 29.2 Å². The van der Waals surface area contributed by atoms with Gasteiger partial charge in [-0.15, -0.1) is 0 Å². The number of alkyl halides is 6. The van der Waals surface area contributed by atoms with Crippen LogP contribution in [0.25, 0.3) is 5.65 Å². The zero-order valence-electron chi connectivity index (χ0n) is 16.8. The number of hydrogen-bond donors (Lipinski definition) is 1. The Bertz CT molecular complexity index is 1190. The predicted molar refractivity (Wildman–Crippen MR) is 99.1 cm³/mol. The van der Waals surface area contributed by atoms with Crippen molar-refractivity contribution in [3.8, 4) is 5.88 Å². The van der Waals surface area contributed by atoms with Gasteiger partial charge in [-0.1, -0.05) is 0 Å². The van der Waals surface area contributed by atoms with Crippen LogP contribution in [-0.4, -0.2) is 30.7 Å². The second-order valence-electron chi connectivity index (χ2n) is 8.00. The van der Waals surface area contributed by atoms with E-state index in [4.69, 9.17) is 4.74 Å². The first kappa shape index (κ1) is 22.0. The van der Waals surface area contributed by atoms with Gasteiger partial charge in [0.25, 0.3) is 0 Å². The van der Waals surface area contributed by atoms with Gasteiger partial charge in [0, 0.05) is 24.2 Å². The van der Waals surface area contributed by atoms with E-state index in [2.05, 4.69) is 15.4 Å². The second kappa shape index (κ2) is 7.14. The van der Waals surface area contributed by atoms with Crippen molar-refractivity contribution >= 4 is 17.2 Å². The Morgan fingerprint density at radius 2 is 1.94 bits per heavy atom. The zero-order chi connectivity index (χ0) is 23.5. The van der Waals surface area contributed by atoms with Crippen LogP contribution in [0.4, 0.5) is 32.0 Å². The van der Waals surface area contributed by atoms with Crippen molar-refractivity contribution in [3.05, 3.63) is 41.5 Å². The number of anilines is 1. The molecule has 3 aromatic rings. The van der Waals surface area contributed by atoms with Crippen LogP contribution in [0, 0.1) is 0 Å². The lowest BCUT2D eigenvalue weighted by Crippen LogP contribution is -2.34. The summed E-state index contributed by atoms with van der Waals surface area (Å²) < 4.78 is 87.3. The molecular weight excluding hydrogens is 444 g/mol. The Hall–Kier alpha value is -3.25. The molecule has 1 N–H and O–H groups in total. The molecule has 4 rings (SSSR count). The van der Waals surface area contributed by atoms with Crippen molar-refractivity contribution < 1.29 is 35.9 Å². The van der Waals surface area contributed by atoms with Crippen LogP contribution in [0.5, 0.6) is 5.88 Å². The van der Waals surface area contributed by atoms with Crippen LogP contribution in [0.15, 0.2) is 24.7 Å². The number of ether oxygens (including phenoxy) is 1. The molecule has 1 amide bonds. The zero-order valence-corrected chi connectivity index (χ0v) is 16.8. The number of rotatable bonds is 3. The molecule has 172 valence electrons. The van der Waals surface area contributed by atoms with Crippen LogP contribution < -0.4 is 10.1 Å². The molecule has 13 heteroatoms. The number of pyridine rings is 1. The number of hydrogen-bond acceptors (Lipinski definition) is 4. The number of fused-ring (bicyclic) bond motifs is 2. The number of nitrogens with one attached hydrogen (secondary N) is 1. The topological polar surface area (TPSA) is 73.5 Å². The van der Waals surface area contributed by atoms with Crippen LogP contribution in [0.1, 0.15) is 37.1 Å². The van der Waals surface area contributed by atoms with E-state index in [1.165, 1.54) is 12.4 Å². The van der Waals surface area contributed by atoms with Crippen molar-refractivity contribution in [1.82, 2.24) is 19.2 Å². The molecule has 3 aromatic heterocycles. The minimum Gasteiger partial charge on any atom is -0.472 e. The summed E-state index contributed by atoms with van der Waals surface area (Å²) in [6, 6.07) is 0.708. The van der Waals surface area contributed by atoms with E-state index >= 15 is 0 Å². The molecule has 32 heavy (non-hydrogen) atoms. The molecule has 0 saturated carbocycles. The molecule has 0 aromatic carbocycles. The van der Waals surface area contributed by atoms with Crippen LogP contribution in [-0.2, 0) is 30.1 Å². The van der Waals surface area contributed by atoms with E-state index in [9.17, 15) is 31.1 Å². The van der Waals surface area contributed by atoms with E-state index < -0.39 is 41.7 Å². The SMILES string of the molecule is CC1(C)CCc2c(C(F)(F)F)nn(CC(=O)Nc3cc(C(F)(F)F)cn4ccnc34)c2O1. The predicted octanol–water partition coefficient (Wildman–Crippen LogP) is 4.31. The molecule has 1 aliphatic heterocycles. The van der Waals surface area contributed by atoms with Crippen LogP contribution >= 0.6 is 0 Å². The summed E-state index contributed by atoms with van der Waals surface area (Å²) >= 11 is 0. The number of imidazole rings is 1. The lowest BCUT2D eigenvalue weighted by Gasteiger charge is -2.31. The third-order valence-electron chi connectivity index (χ3n) is 5.00. The summed E-state index contributed by atoms with van der Waals surface area (Å²) in [6.45, 7) is 2.69. The molecule has 0 atom stereocenters. The highest BCUT2D eigenvalue weighted by Crippen LogP contribution is 2.41. The van der Waals surface area contributed by atoms with Crippen molar-refractivity contribution in [2.45, 2.75) is 51.2 Å². The standard InChI is InChI=1S/C19H17F6N5O2/c1-17(2)4-3-11-14(19(23,24)25)28-30(16(11)32-17)9-13(31)27-12-7-10(18(20,21)22)8-29-6-5-26-15(12)29/h5-8H,3-4,9H2,1-2H3,(H,27,31). The first-order chi connectivity index (χ1) is 14.7. The molecule has 0 saturated heterocycles. The molecule has 0 fully saturated rings. The lowest BCUT2D eigenvalue weighted by atomic mass is 9.95. The van der Waals surface area contributed by atoms with Crippen LogP contribution in [0.2, 0.25) is 0 Å². The highest BCUT2D eigenvalue weighted by molar-refractivity contribution is 5.94. The quantitative estimate of drug-likeness (QED) is 0.590. The average molecular weight is 461 g/mol. The summed E-state index contributed by atoms with van der Waals surface area (Å²) in [6.07, 6.45) is -5.71. The Balaban J connectivity index is 1.66. The Morgan fingerprint density at radius 1 is 1.22 bits per heavy atom. The molecular formula is C19H17F6N5O2. The van der Waals surface area contributed by atoms with E-state index in [0.29, 0.717) is 12.5 Å². The molecule has 0 radical (unpaired) electrons. The summed E-state index contributed by atoms with van der Waals surface area (Å²) in [4.78, 5) is 16.5. The number of halogens is 6. The van der Waals surface area contributed by atoms with Gasteiger partial charge in [-0.05, 0) is 32.8 Å². The van der Waals surface area contributed by atoms with Gasteiger partial charge in [-0.25, -0.2) is 9.67 Å². The Morgan fingerprint density at radius 3 is 2.59 bits per heavy atom. The maximum Gasteiger partial charge on any atom is 0.435 e. The van der Waals surface area contributed by atoms with Crippen molar-refractivity contribution in [2.24, 2.45) is 0 Å². The van der Waals surface area contributed by atoms with Gasteiger partial charge in [-0.2, -0.15) is 31.4 Å². The van der Waals surface area contributed by atoms with Gasteiger partial charge in [0.05, 0.1) is 11.3 Å². The smallest absolute Gasteiger partial charge is 0.435 e. The van der Waals surface area contributed by atoms with Gasteiger partial charge in [0.2, 0.25) is 11.8 Å². The molecule has 1 aliphatic rings. The first-order valence-corrected chi connectivity index (χ1v) is 9.44. The molecule has 0 bridgehead atoms. The second-order valence-corrected chi connectivity index (χ2v) is 8.00. The maximum atomic E-state index is 13.4. The van der Waals surface area contributed by atoms with Crippen LogP contribution in [0.3, 0.4) is 0 Å². The maximum absolute atomic E-state index is 13.4. The third-order valence-corrected chi connectivity index (χ3v) is 5.00. The fourth-order valence-electron chi connectivity index (χ4n) is 3.50.